The Morgan fingerprint density at radius 3 is 2.34 bits per heavy atom. The molecule has 0 bridgehead atoms. The normalized spacial score (nSPS) is 10.5. The average molecular weight is 383 g/mol. The Morgan fingerprint density at radius 1 is 0.862 bits per heavy atom. The largest absolute Gasteiger partial charge is 0.484 e. The molecule has 0 radical (unpaired) electrons. The molecule has 1 aromatic heterocycles. The van der Waals surface area contributed by atoms with Crippen molar-refractivity contribution in [3.63, 3.8) is 0 Å². The molecule has 0 aliphatic carbocycles. The molecule has 4 nitrogen and oxygen atoms in total. The van der Waals surface area contributed by atoms with Gasteiger partial charge in [-0.05, 0) is 53.9 Å². The van der Waals surface area contributed by atoms with Gasteiger partial charge in [0.15, 0.2) is 6.61 Å². The number of hydrogen-bond donors (Lipinski definition) is 1. The monoisotopic (exact) mass is 383 g/mol. The fourth-order valence-electron chi connectivity index (χ4n) is 3.11. The third-order valence-electron chi connectivity index (χ3n) is 4.58. The van der Waals surface area contributed by atoms with Crippen molar-refractivity contribution < 1.29 is 13.9 Å². The Labute approximate surface area is 169 Å². The first kappa shape index (κ1) is 18.6. The predicted octanol–water partition coefficient (Wildman–Crippen LogP) is 5.94. The lowest BCUT2D eigenvalue weighted by molar-refractivity contribution is -0.118. The lowest BCUT2D eigenvalue weighted by Gasteiger charge is -2.09. The molecule has 1 amide bonds. The van der Waals surface area contributed by atoms with Gasteiger partial charge in [0, 0.05) is 11.3 Å². The Bertz CT molecular complexity index is 1100. The second-order valence-corrected chi connectivity index (χ2v) is 6.82. The molecule has 0 aliphatic heterocycles. The molecule has 1 heterocycles. The van der Waals surface area contributed by atoms with Crippen LogP contribution in [0.15, 0.2) is 95.8 Å². The van der Waals surface area contributed by atoms with Gasteiger partial charge in [0.05, 0.1) is 12.5 Å². The molecule has 0 atom stereocenters. The van der Waals surface area contributed by atoms with E-state index in [1.54, 1.807) is 12.5 Å². The van der Waals surface area contributed by atoms with Gasteiger partial charge in [0.2, 0.25) is 0 Å². The number of carbonyl (C=O) groups is 1. The zero-order chi connectivity index (χ0) is 20.1. The summed E-state index contributed by atoms with van der Waals surface area (Å²) in [6.45, 7) is 2.01. The quantitative estimate of drug-likeness (QED) is 0.448. The van der Waals surface area contributed by atoms with E-state index in [0.717, 1.165) is 27.9 Å². The minimum Gasteiger partial charge on any atom is -0.484 e. The highest BCUT2D eigenvalue weighted by Gasteiger charge is 2.06. The second-order valence-electron chi connectivity index (χ2n) is 6.82. The fourth-order valence-corrected chi connectivity index (χ4v) is 3.11. The highest BCUT2D eigenvalue weighted by atomic mass is 16.5. The van der Waals surface area contributed by atoms with Crippen molar-refractivity contribution in [3.05, 3.63) is 97.0 Å². The summed E-state index contributed by atoms with van der Waals surface area (Å²) in [6, 6.07) is 25.6. The number of ether oxygens (including phenoxy) is 1. The minimum atomic E-state index is -0.206. The topological polar surface area (TPSA) is 51.5 Å². The van der Waals surface area contributed by atoms with Crippen LogP contribution in [0.4, 0.5) is 5.69 Å². The molecule has 29 heavy (non-hydrogen) atoms. The van der Waals surface area contributed by atoms with E-state index in [1.807, 2.05) is 60.7 Å². The summed E-state index contributed by atoms with van der Waals surface area (Å²) in [5.74, 6) is 0.427. The van der Waals surface area contributed by atoms with Crippen LogP contribution >= 0.6 is 0 Å². The fraction of sp³-hybridized carbons (Fsp3) is 0.0800. The lowest BCUT2D eigenvalue weighted by atomic mass is 10.0. The maximum Gasteiger partial charge on any atom is 0.262 e. The maximum absolute atomic E-state index is 12.2. The van der Waals surface area contributed by atoms with Gasteiger partial charge in [0.25, 0.3) is 5.91 Å². The molecule has 4 rings (SSSR count). The summed E-state index contributed by atoms with van der Waals surface area (Å²) >= 11 is 0. The highest BCUT2D eigenvalue weighted by molar-refractivity contribution is 5.92. The summed E-state index contributed by atoms with van der Waals surface area (Å²) < 4.78 is 10.8. The average Bonchev–Trinajstić information content (AvgIpc) is 3.28. The summed E-state index contributed by atoms with van der Waals surface area (Å²) in [7, 11) is 0. The Balaban J connectivity index is 1.35. The van der Waals surface area contributed by atoms with Crippen LogP contribution in [0.25, 0.3) is 22.3 Å². The van der Waals surface area contributed by atoms with Crippen molar-refractivity contribution in [2.45, 2.75) is 6.92 Å². The molecule has 3 aromatic carbocycles. The summed E-state index contributed by atoms with van der Waals surface area (Å²) in [5.41, 5.74) is 6.16. The first-order chi connectivity index (χ1) is 14.2. The third kappa shape index (κ3) is 4.74. The second kappa shape index (κ2) is 8.48. The van der Waals surface area contributed by atoms with Crippen LogP contribution in [-0.4, -0.2) is 12.5 Å². The van der Waals surface area contributed by atoms with Gasteiger partial charge < -0.3 is 14.5 Å². The molecule has 0 unspecified atom stereocenters. The van der Waals surface area contributed by atoms with Gasteiger partial charge in [-0.2, -0.15) is 0 Å². The number of benzene rings is 3. The number of carbonyl (C=O) groups excluding carboxylic acids is 1. The van der Waals surface area contributed by atoms with E-state index in [4.69, 9.17) is 9.15 Å². The first-order valence-corrected chi connectivity index (χ1v) is 9.40. The van der Waals surface area contributed by atoms with Crippen LogP contribution in [0.3, 0.4) is 0 Å². The molecular formula is C25H21NO3. The molecule has 0 aliphatic rings. The number of hydrogen-bond acceptors (Lipinski definition) is 3. The molecule has 1 N–H and O–H groups in total. The number of furan rings is 1. The van der Waals surface area contributed by atoms with E-state index >= 15 is 0 Å². The van der Waals surface area contributed by atoms with E-state index in [-0.39, 0.29) is 12.5 Å². The molecule has 0 saturated carbocycles. The number of anilines is 1. The van der Waals surface area contributed by atoms with E-state index in [1.165, 1.54) is 5.56 Å². The smallest absolute Gasteiger partial charge is 0.262 e. The molecule has 0 spiro atoms. The number of aryl methyl sites for hydroxylation is 1. The Kier molecular flexibility index (Phi) is 5.43. The molecule has 0 saturated heterocycles. The SMILES string of the molecule is Cc1cccc(-c2ccc(NC(=O)COc3cccc(-c4ccoc4)c3)cc2)c1. The lowest BCUT2D eigenvalue weighted by Crippen LogP contribution is -2.20. The van der Waals surface area contributed by atoms with Crippen LogP contribution in [0.1, 0.15) is 5.56 Å². The van der Waals surface area contributed by atoms with Crippen molar-refractivity contribution in [3.8, 4) is 28.0 Å². The predicted molar refractivity (Wildman–Crippen MR) is 115 cm³/mol. The van der Waals surface area contributed by atoms with E-state index in [9.17, 15) is 4.79 Å². The van der Waals surface area contributed by atoms with Crippen molar-refractivity contribution in [1.82, 2.24) is 0 Å². The maximum atomic E-state index is 12.2. The van der Waals surface area contributed by atoms with Crippen molar-refractivity contribution in [2.75, 3.05) is 11.9 Å². The summed E-state index contributed by atoms with van der Waals surface area (Å²) in [4.78, 5) is 12.2. The summed E-state index contributed by atoms with van der Waals surface area (Å²) in [6.07, 6.45) is 3.30. The van der Waals surface area contributed by atoms with Gasteiger partial charge in [-0.1, -0.05) is 54.1 Å². The summed E-state index contributed by atoms with van der Waals surface area (Å²) in [5, 5.41) is 2.87. The molecule has 4 aromatic rings. The molecule has 4 heteroatoms. The van der Waals surface area contributed by atoms with Gasteiger partial charge >= 0.3 is 0 Å². The number of nitrogens with one attached hydrogen (secondary N) is 1. The number of rotatable bonds is 6. The van der Waals surface area contributed by atoms with Gasteiger partial charge in [-0.3, -0.25) is 4.79 Å². The third-order valence-corrected chi connectivity index (χ3v) is 4.58. The van der Waals surface area contributed by atoms with Gasteiger partial charge in [-0.15, -0.1) is 0 Å². The highest BCUT2D eigenvalue weighted by Crippen LogP contribution is 2.24. The minimum absolute atomic E-state index is 0.0610. The molecular weight excluding hydrogens is 362 g/mol. The van der Waals surface area contributed by atoms with E-state index in [2.05, 4.69) is 30.4 Å². The van der Waals surface area contributed by atoms with Crippen LogP contribution < -0.4 is 10.1 Å². The van der Waals surface area contributed by atoms with Gasteiger partial charge in [0.1, 0.15) is 5.75 Å². The van der Waals surface area contributed by atoms with Crippen LogP contribution in [-0.2, 0) is 4.79 Å². The van der Waals surface area contributed by atoms with Gasteiger partial charge in [-0.25, -0.2) is 0 Å². The zero-order valence-electron chi connectivity index (χ0n) is 16.1. The van der Waals surface area contributed by atoms with Crippen molar-refractivity contribution >= 4 is 11.6 Å². The number of amides is 1. The van der Waals surface area contributed by atoms with E-state index < -0.39 is 0 Å². The Morgan fingerprint density at radius 2 is 1.62 bits per heavy atom. The Hall–Kier alpha value is -3.79. The molecule has 144 valence electrons. The molecule has 0 fully saturated rings. The first-order valence-electron chi connectivity index (χ1n) is 9.40. The van der Waals surface area contributed by atoms with Crippen LogP contribution in [0.2, 0.25) is 0 Å². The standard InChI is InChI=1S/C25H21NO3/c1-18-4-2-5-20(14-18)19-8-10-23(11-9-19)26-25(27)17-29-24-7-3-6-21(15-24)22-12-13-28-16-22/h2-16H,17H2,1H3,(H,26,27). The van der Waals surface area contributed by atoms with Crippen LogP contribution in [0.5, 0.6) is 5.75 Å². The van der Waals surface area contributed by atoms with Crippen molar-refractivity contribution in [1.29, 1.82) is 0 Å². The van der Waals surface area contributed by atoms with E-state index in [0.29, 0.717) is 5.75 Å². The zero-order valence-corrected chi connectivity index (χ0v) is 16.1. The van der Waals surface area contributed by atoms with Crippen molar-refractivity contribution in [2.24, 2.45) is 0 Å². The van der Waals surface area contributed by atoms with Crippen LogP contribution in [0, 0.1) is 6.92 Å².